The lowest BCUT2D eigenvalue weighted by atomic mass is 10.1. The van der Waals surface area contributed by atoms with Crippen molar-refractivity contribution in [1.29, 1.82) is 0 Å². The van der Waals surface area contributed by atoms with Crippen molar-refractivity contribution < 1.29 is 9.18 Å². The van der Waals surface area contributed by atoms with Gasteiger partial charge in [-0.1, -0.05) is 25.4 Å². The maximum absolute atomic E-state index is 14.1. The first kappa shape index (κ1) is 19.9. The van der Waals surface area contributed by atoms with Crippen molar-refractivity contribution in [3.63, 3.8) is 0 Å². The van der Waals surface area contributed by atoms with E-state index in [2.05, 4.69) is 24.1 Å². The van der Waals surface area contributed by atoms with E-state index in [9.17, 15) is 9.18 Å². The lowest BCUT2D eigenvalue weighted by Gasteiger charge is -2.09. The van der Waals surface area contributed by atoms with Gasteiger partial charge in [-0.2, -0.15) is 0 Å². The monoisotopic (exact) mass is 420 g/mol. The standard InChI is InChI=1S/C20H18ClFN2OS2/c1-11(2)20-24-18(10-27-20)14-6-4-12(8-16(14)21)23-19(25)15-7-5-13(26-3)9-17(15)22/h4-11H,1-3H3,(H,23,25). The first-order valence-electron chi connectivity index (χ1n) is 8.29. The molecule has 0 fully saturated rings. The zero-order valence-electron chi connectivity index (χ0n) is 15.0. The van der Waals surface area contributed by atoms with Gasteiger partial charge < -0.3 is 5.32 Å². The van der Waals surface area contributed by atoms with E-state index in [1.165, 1.54) is 23.9 Å². The quantitative estimate of drug-likeness (QED) is 0.467. The first-order valence-corrected chi connectivity index (χ1v) is 10.8. The number of nitrogens with one attached hydrogen (secondary N) is 1. The number of hydrogen-bond donors (Lipinski definition) is 1. The molecule has 0 aliphatic heterocycles. The number of rotatable bonds is 5. The van der Waals surface area contributed by atoms with Crippen molar-refractivity contribution in [3.05, 3.63) is 63.2 Å². The predicted octanol–water partition coefficient (Wildman–Crippen LogP) is 6.70. The Morgan fingerprint density at radius 2 is 2.04 bits per heavy atom. The van der Waals surface area contributed by atoms with E-state index in [-0.39, 0.29) is 5.56 Å². The summed E-state index contributed by atoms with van der Waals surface area (Å²) < 4.78 is 14.1. The number of halogens is 2. The van der Waals surface area contributed by atoms with Crippen molar-refractivity contribution in [1.82, 2.24) is 4.98 Å². The fraction of sp³-hybridized carbons (Fsp3) is 0.200. The molecular formula is C20H18ClFN2OS2. The minimum atomic E-state index is -0.550. The summed E-state index contributed by atoms with van der Waals surface area (Å²) in [6.07, 6.45) is 1.85. The maximum Gasteiger partial charge on any atom is 0.258 e. The van der Waals surface area contributed by atoms with Gasteiger partial charge in [-0.3, -0.25) is 4.79 Å². The van der Waals surface area contributed by atoms with E-state index in [4.69, 9.17) is 11.6 Å². The smallest absolute Gasteiger partial charge is 0.258 e. The Morgan fingerprint density at radius 3 is 2.63 bits per heavy atom. The molecular weight excluding hydrogens is 403 g/mol. The van der Waals surface area contributed by atoms with Crippen molar-refractivity contribution in [2.45, 2.75) is 24.7 Å². The summed E-state index contributed by atoms with van der Waals surface area (Å²) in [5.74, 6) is -0.709. The third-order valence-electron chi connectivity index (χ3n) is 3.94. The highest BCUT2D eigenvalue weighted by Gasteiger charge is 2.15. The van der Waals surface area contributed by atoms with Crippen LogP contribution >= 0.6 is 34.7 Å². The normalized spacial score (nSPS) is 11.0. The number of thioether (sulfide) groups is 1. The Hall–Kier alpha value is -1.89. The van der Waals surface area contributed by atoms with Gasteiger partial charge in [0.1, 0.15) is 5.82 Å². The van der Waals surface area contributed by atoms with Gasteiger partial charge in [-0.15, -0.1) is 23.1 Å². The summed E-state index contributed by atoms with van der Waals surface area (Å²) in [5.41, 5.74) is 2.11. The minimum absolute atomic E-state index is 0.00549. The Morgan fingerprint density at radius 1 is 1.26 bits per heavy atom. The molecule has 0 spiro atoms. The molecule has 3 nitrogen and oxygen atoms in total. The summed E-state index contributed by atoms with van der Waals surface area (Å²) in [6, 6.07) is 9.75. The van der Waals surface area contributed by atoms with Crippen LogP contribution in [0.5, 0.6) is 0 Å². The Kier molecular flexibility index (Phi) is 6.19. The highest BCUT2D eigenvalue weighted by molar-refractivity contribution is 7.98. The molecule has 2 aromatic carbocycles. The Balaban J connectivity index is 1.80. The zero-order valence-corrected chi connectivity index (χ0v) is 17.4. The van der Waals surface area contributed by atoms with E-state index in [1.807, 2.05) is 17.7 Å². The van der Waals surface area contributed by atoms with Gasteiger partial charge >= 0.3 is 0 Å². The fourth-order valence-corrected chi connectivity index (χ4v) is 4.02. The topological polar surface area (TPSA) is 42.0 Å². The first-order chi connectivity index (χ1) is 12.9. The summed E-state index contributed by atoms with van der Waals surface area (Å²) >= 11 is 9.40. The van der Waals surface area contributed by atoms with Crippen LogP contribution in [0.1, 0.15) is 35.1 Å². The second kappa shape index (κ2) is 8.42. The van der Waals surface area contributed by atoms with Gasteiger partial charge in [0.15, 0.2) is 0 Å². The molecule has 27 heavy (non-hydrogen) atoms. The van der Waals surface area contributed by atoms with Gasteiger partial charge in [0.2, 0.25) is 0 Å². The Labute approximate surface area is 171 Å². The number of carbonyl (C=O) groups excluding carboxylic acids is 1. The molecule has 0 saturated heterocycles. The maximum atomic E-state index is 14.1. The van der Waals surface area contributed by atoms with Gasteiger partial charge in [-0.25, -0.2) is 9.37 Å². The summed E-state index contributed by atoms with van der Waals surface area (Å²) in [6.45, 7) is 4.18. The van der Waals surface area contributed by atoms with Crippen LogP contribution < -0.4 is 5.32 Å². The molecule has 0 aliphatic rings. The number of aromatic nitrogens is 1. The third-order valence-corrected chi connectivity index (χ3v) is 6.12. The molecule has 1 heterocycles. The molecule has 1 aromatic heterocycles. The van der Waals surface area contributed by atoms with Crippen LogP contribution in [0.15, 0.2) is 46.7 Å². The number of amides is 1. The van der Waals surface area contributed by atoms with Crippen LogP contribution in [0, 0.1) is 5.82 Å². The average Bonchev–Trinajstić information content (AvgIpc) is 3.11. The number of thiazole rings is 1. The molecule has 3 rings (SSSR count). The van der Waals surface area contributed by atoms with Crippen molar-refractivity contribution >= 4 is 46.3 Å². The average molecular weight is 421 g/mol. The van der Waals surface area contributed by atoms with Gasteiger partial charge in [0.05, 0.1) is 21.3 Å². The van der Waals surface area contributed by atoms with Crippen molar-refractivity contribution in [2.75, 3.05) is 11.6 Å². The summed E-state index contributed by atoms with van der Waals surface area (Å²) in [5, 5.41) is 6.18. The highest BCUT2D eigenvalue weighted by atomic mass is 35.5. The molecule has 0 radical (unpaired) electrons. The summed E-state index contributed by atoms with van der Waals surface area (Å²) in [4.78, 5) is 17.7. The molecule has 1 amide bonds. The number of anilines is 1. The lowest BCUT2D eigenvalue weighted by molar-refractivity contribution is 0.102. The molecule has 0 unspecified atom stereocenters. The van der Waals surface area contributed by atoms with E-state index in [0.717, 1.165) is 21.2 Å². The van der Waals surface area contributed by atoms with Gasteiger partial charge in [-0.05, 0) is 42.7 Å². The van der Waals surface area contributed by atoms with E-state index < -0.39 is 11.7 Å². The van der Waals surface area contributed by atoms with Crippen LogP contribution in [0.2, 0.25) is 5.02 Å². The van der Waals surface area contributed by atoms with Crippen LogP contribution in [0.3, 0.4) is 0 Å². The molecule has 140 valence electrons. The minimum Gasteiger partial charge on any atom is -0.322 e. The third kappa shape index (κ3) is 4.51. The van der Waals surface area contributed by atoms with Crippen molar-refractivity contribution in [2.24, 2.45) is 0 Å². The highest BCUT2D eigenvalue weighted by Crippen LogP contribution is 2.33. The largest absolute Gasteiger partial charge is 0.322 e. The van der Waals surface area contributed by atoms with Crippen LogP contribution in [0.25, 0.3) is 11.3 Å². The van der Waals surface area contributed by atoms with Gasteiger partial charge in [0, 0.05) is 27.4 Å². The number of carbonyl (C=O) groups is 1. The lowest BCUT2D eigenvalue weighted by Crippen LogP contribution is -2.13. The van der Waals surface area contributed by atoms with Gasteiger partial charge in [0.25, 0.3) is 5.91 Å². The molecule has 1 N–H and O–H groups in total. The molecule has 0 atom stereocenters. The number of nitrogens with zero attached hydrogens (tertiary/aromatic N) is 1. The molecule has 0 aliphatic carbocycles. The van der Waals surface area contributed by atoms with Crippen molar-refractivity contribution in [3.8, 4) is 11.3 Å². The summed E-state index contributed by atoms with van der Waals surface area (Å²) in [7, 11) is 0. The van der Waals surface area contributed by atoms with Crippen LogP contribution in [-0.2, 0) is 0 Å². The number of benzene rings is 2. The zero-order chi connectivity index (χ0) is 19.6. The van der Waals surface area contributed by atoms with Crippen LogP contribution in [0.4, 0.5) is 10.1 Å². The van der Waals surface area contributed by atoms with Crippen LogP contribution in [-0.4, -0.2) is 17.1 Å². The van der Waals surface area contributed by atoms with E-state index in [1.54, 1.807) is 29.5 Å². The predicted molar refractivity (Wildman–Crippen MR) is 113 cm³/mol. The SMILES string of the molecule is CSc1ccc(C(=O)Nc2ccc(-c3csc(C(C)C)n3)c(Cl)c2)c(F)c1. The second-order valence-electron chi connectivity index (χ2n) is 6.22. The molecule has 0 saturated carbocycles. The molecule has 0 bridgehead atoms. The Bertz CT molecular complexity index is 988. The molecule has 3 aromatic rings. The second-order valence-corrected chi connectivity index (χ2v) is 8.40. The van der Waals surface area contributed by atoms with E-state index >= 15 is 0 Å². The fourth-order valence-electron chi connectivity index (χ4n) is 2.48. The number of hydrogen-bond acceptors (Lipinski definition) is 4. The van der Waals surface area contributed by atoms with E-state index in [0.29, 0.717) is 16.6 Å². The molecule has 7 heteroatoms.